The predicted molar refractivity (Wildman–Crippen MR) is 106 cm³/mol. The molecular formula is C23H28N2O3. The van der Waals surface area contributed by atoms with Crippen LogP contribution in [-0.2, 0) is 29.0 Å². The van der Waals surface area contributed by atoms with Crippen LogP contribution < -0.4 is 5.32 Å². The van der Waals surface area contributed by atoms with Gasteiger partial charge in [-0.1, -0.05) is 38.1 Å². The van der Waals surface area contributed by atoms with Crippen LogP contribution in [0.5, 0.6) is 0 Å². The van der Waals surface area contributed by atoms with E-state index >= 15 is 0 Å². The highest BCUT2D eigenvalue weighted by molar-refractivity contribution is 5.89. The summed E-state index contributed by atoms with van der Waals surface area (Å²) in [7, 11) is 0. The fourth-order valence-corrected chi connectivity index (χ4v) is 4.39. The first kappa shape index (κ1) is 18.8. The Labute approximate surface area is 166 Å². The van der Waals surface area contributed by atoms with Crippen LogP contribution in [0.2, 0.25) is 0 Å². The molecule has 2 amide bonds. The van der Waals surface area contributed by atoms with Crippen LogP contribution in [0.3, 0.4) is 0 Å². The molecule has 5 heteroatoms. The Morgan fingerprint density at radius 3 is 2.79 bits per heavy atom. The molecule has 2 heterocycles. The van der Waals surface area contributed by atoms with Gasteiger partial charge in [-0.2, -0.15) is 0 Å². The van der Waals surface area contributed by atoms with E-state index < -0.39 is 6.04 Å². The van der Waals surface area contributed by atoms with E-state index in [4.69, 9.17) is 4.42 Å². The summed E-state index contributed by atoms with van der Waals surface area (Å²) in [6.07, 6.45) is 5.55. The second-order valence-electron chi connectivity index (χ2n) is 8.36. The first-order valence-corrected chi connectivity index (χ1v) is 10.3. The number of carbonyl (C=O) groups excluding carboxylic acids is 2. The zero-order chi connectivity index (χ0) is 19.7. The molecule has 2 aromatic rings. The van der Waals surface area contributed by atoms with Gasteiger partial charge < -0.3 is 14.6 Å². The summed E-state index contributed by atoms with van der Waals surface area (Å²) in [5, 5.41) is 3.21. The zero-order valence-electron chi connectivity index (χ0n) is 16.6. The Balaban J connectivity index is 1.56. The maximum Gasteiger partial charge on any atom is 0.243 e. The fourth-order valence-electron chi connectivity index (χ4n) is 4.39. The van der Waals surface area contributed by atoms with Crippen LogP contribution in [-0.4, -0.2) is 22.8 Å². The van der Waals surface area contributed by atoms with Crippen LogP contribution in [0.1, 0.15) is 61.6 Å². The van der Waals surface area contributed by atoms with Crippen molar-refractivity contribution >= 4 is 11.8 Å². The molecule has 5 nitrogen and oxygen atoms in total. The van der Waals surface area contributed by atoms with E-state index in [0.29, 0.717) is 19.4 Å². The SMILES string of the molecule is CC(C)CC(=O)N1Cc2ccccc2C[C@@H]1C(=O)N[C@@H]1CCCc2occc21. The third-order valence-electron chi connectivity index (χ3n) is 5.82. The normalized spacial score (nSPS) is 21.2. The number of nitrogens with one attached hydrogen (secondary N) is 1. The molecule has 4 rings (SSSR count). The van der Waals surface area contributed by atoms with Gasteiger partial charge in [-0.25, -0.2) is 0 Å². The zero-order valence-corrected chi connectivity index (χ0v) is 16.6. The molecule has 0 fully saturated rings. The largest absolute Gasteiger partial charge is 0.469 e. The first-order valence-electron chi connectivity index (χ1n) is 10.3. The average molecular weight is 380 g/mol. The van der Waals surface area contributed by atoms with Crippen molar-refractivity contribution in [1.82, 2.24) is 10.2 Å². The summed E-state index contributed by atoms with van der Waals surface area (Å²) in [5.74, 6) is 1.22. The Kier molecular flexibility index (Phi) is 5.25. The number of benzene rings is 1. The summed E-state index contributed by atoms with van der Waals surface area (Å²) < 4.78 is 5.55. The molecule has 2 atom stereocenters. The van der Waals surface area contributed by atoms with E-state index in [1.807, 2.05) is 32.0 Å². The molecule has 1 N–H and O–H groups in total. The number of furan rings is 1. The van der Waals surface area contributed by atoms with Gasteiger partial charge in [-0.3, -0.25) is 9.59 Å². The average Bonchev–Trinajstić information content (AvgIpc) is 3.16. The van der Waals surface area contributed by atoms with Gasteiger partial charge in [-0.15, -0.1) is 0 Å². The molecule has 1 aromatic carbocycles. The summed E-state index contributed by atoms with van der Waals surface area (Å²) >= 11 is 0. The minimum absolute atomic E-state index is 0.0331. The van der Waals surface area contributed by atoms with Crippen molar-refractivity contribution in [2.75, 3.05) is 0 Å². The number of fused-ring (bicyclic) bond motifs is 2. The molecule has 148 valence electrons. The number of amides is 2. The van der Waals surface area contributed by atoms with E-state index in [0.717, 1.165) is 41.7 Å². The van der Waals surface area contributed by atoms with Crippen LogP contribution in [0.25, 0.3) is 0 Å². The van der Waals surface area contributed by atoms with Crippen molar-refractivity contribution < 1.29 is 14.0 Å². The molecule has 28 heavy (non-hydrogen) atoms. The Hall–Kier alpha value is -2.56. The predicted octanol–water partition coefficient (Wildman–Crippen LogP) is 3.77. The molecule has 0 saturated carbocycles. The number of hydrogen-bond donors (Lipinski definition) is 1. The maximum atomic E-state index is 13.3. The minimum atomic E-state index is -0.460. The summed E-state index contributed by atoms with van der Waals surface area (Å²) in [6, 6.07) is 9.57. The Bertz CT molecular complexity index is 870. The van der Waals surface area contributed by atoms with Crippen LogP contribution >= 0.6 is 0 Å². The summed E-state index contributed by atoms with van der Waals surface area (Å²) in [5.41, 5.74) is 3.37. The van der Waals surface area contributed by atoms with Crippen LogP contribution in [0.15, 0.2) is 41.0 Å². The highest BCUT2D eigenvalue weighted by Crippen LogP contribution is 2.31. The summed E-state index contributed by atoms with van der Waals surface area (Å²) in [6.45, 7) is 4.57. The van der Waals surface area contributed by atoms with Gasteiger partial charge in [0.25, 0.3) is 0 Å². The van der Waals surface area contributed by atoms with E-state index in [9.17, 15) is 9.59 Å². The third kappa shape index (κ3) is 3.71. The Morgan fingerprint density at radius 1 is 1.21 bits per heavy atom. The van der Waals surface area contributed by atoms with Crippen molar-refractivity contribution in [3.05, 3.63) is 59.0 Å². The number of rotatable bonds is 4. The maximum absolute atomic E-state index is 13.3. The van der Waals surface area contributed by atoms with Crippen molar-refractivity contribution in [2.45, 2.75) is 64.6 Å². The molecule has 0 unspecified atom stereocenters. The lowest BCUT2D eigenvalue weighted by Gasteiger charge is -2.37. The van der Waals surface area contributed by atoms with Crippen molar-refractivity contribution in [3.8, 4) is 0 Å². The van der Waals surface area contributed by atoms with E-state index in [2.05, 4.69) is 17.4 Å². The lowest BCUT2D eigenvalue weighted by Crippen LogP contribution is -2.53. The lowest BCUT2D eigenvalue weighted by molar-refractivity contribution is -0.142. The molecular weight excluding hydrogens is 352 g/mol. The van der Waals surface area contributed by atoms with Crippen LogP contribution in [0, 0.1) is 5.92 Å². The van der Waals surface area contributed by atoms with Gasteiger partial charge in [0.1, 0.15) is 11.8 Å². The quantitative estimate of drug-likeness (QED) is 0.878. The highest BCUT2D eigenvalue weighted by atomic mass is 16.3. The van der Waals surface area contributed by atoms with Gasteiger partial charge >= 0.3 is 0 Å². The number of aryl methyl sites for hydroxylation is 1. The summed E-state index contributed by atoms with van der Waals surface area (Å²) in [4.78, 5) is 28.0. The molecule has 0 bridgehead atoms. The second kappa shape index (κ2) is 7.82. The molecule has 1 aliphatic carbocycles. The molecule has 2 aliphatic rings. The standard InChI is InChI=1S/C23H28N2O3/c1-15(2)12-22(26)25-14-17-7-4-3-6-16(17)13-20(25)23(27)24-19-8-5-9-21-18(19)10-11-28-21/h3-4,6-7,10-11,15,19-20H,5,8-9,12-14H2,1-2H3,(H,24,27)/t19-,20-/m1/s1. The van der Waals surface area contributed by atoms with Crippen molar-refractivity contribution in [1.29, 1.82) is 0 Å². The number of carbonyl (C=O) groups is 2. The highest BCUT2D eigenvalue weighted by Gasteiger charge is 2.36. The lowest BCUT2D eigenvalue weighted by atomic mass is 9.90. The Morgan fingerprint density at radius 2 is 2.00 bits per heavy atom. The van der Waals surface area contributed by atoms with E-state index in [1.54, 1.807) is 11.2 Å². The van der Waals surface area contributed by atoms with Crippen molar-refractivity contribution in [3.63, 3.8) is 0 Å². The second-order valence-corrected chi connectivity index (χ2v) is 8.36. The number of nitrogens with zero attached hydrogens (tertiary/aromatic N) is 1. The van der Waals surface area contributed by atoms with Crippen molar-refractivity contribution in [2.24, 2.45) is 5.92 Å². The number of hydrogen-bond acceptors (Lipinski definition) is 3. The molecule has 1 aromatic heterocycles. The van der Waals surface area contributed by atoms with Gasteiger partial charge in [0.15, 0.2) is 0 Å². The molecule has 0 radical (unpaired) electrons. The van der Waals surface area contributed by atoms with Gasteiger partial charge in [0.2, 0.25) is 11.8 Å². The minimum Gasteiger partial charge on any atom is -0.469 e. The van der Waals surface area contributed by atoms with Gasteiger partial charge in [-0.05, 0) is 36.0 Å². The third-order valence-corrected chi connectivity index (χ3v) is 5.82. The van der Waals surface area contributed by atoms with Crippen LogP contribution in [0.4, 0.5) is 0 Å². The van der Waals surface area contributed by atoms with E-state index in [1.165, 1.54) is 0 Å². The molecule has 0 saturated heterocycles. The first-order chi connectivity index (χ1) is 13.5. The monoisotopic (exact) mass is 380 g/mol. The topological polar surface area (TPSA) is 62.6 Å². The van der Waals surface area contributed by atoms with Gasteiger partial charge in [0.05, 0.1) is 12.3 Å². The van der Waals surface area contributed by atoms with Gasteiger partial charge in [0, 0.05) is 31.4 Å². The smallest absolute Gasteiger partial charge is 0.243 e. The fraction of sp³-hybridized carbons (Fsp3) is 0.478. The molecule has 1 aliphatic heterocycles. The molecule has 0 spiro atoms. The van der Waals surface area contributed by atoms with E-state index in [-0.39, 0.29) is 23.8 Å².